The van der Waals surface area contributed by atoms with Gasteiger partial charge in [0.1, 0.15) is 5.75 Å². The Bertz CT molecular complexity index is 1240. The average molecular weight is 524 g/mol. The van der Waals surface area contributed by atoms with Gasteiger partial charge in [0.05, 0.1) is 22.9 Å². The van der Waals surface area contributed by atoms with Crippen molar-refractivity contribution in [1.29, 1.82) is 0 Å². The van der Waals surface area contributed by atoms with E-state index in [2.05, 4.69) is 5.32 Å². The van der Waals surface area contributed by atoms with Gasteiger partial charge >= 0.3 is 0 Å². The van der Waals surface area contributed by atoms with Gasteiger partial charge in [-0.05, 0) is 74.6 Å². The average Bonchev–Trinajstić information content (AvgIpc) is 3.37. The molecule has 0 spiro atoms. The van der Waals surface area contributed by atoms with Crippen molar-refractivity contribution in [3.63, 3.8) is 0 Å². The maximum Gasteiger partial charge on any atom is 0.243 e. The summed E-state index contributed by atoms with van der Waals surface area (Å²) in [6.45, 7) is 5.19. The van der Waals surface area contributed by atoms with Crippen LogP contribution in [-0.4, -0.2) is 71.2 Å². The molecule has 1 aliphatic rings. The number of ether oxygens (including phenoxy) is 1. The third-order valence-electron chi connectivity index (χ3n) is 5.88. The molecule has 0 bridgehead atoms. The van der Waals surface area contributed by atoms with Crippen LogP contribution in [-0.2, 0) is 31.3 Å². The Labute approximate surface area is 208 Å². The van der Waals surface area contributed by atoms with Crippen LogP contribution in [0.5, 0.6) is 5.75 Å². The summed E-state index contributed by atoms with van der Waals surface area (Å²) in [5.74, 6) is 0.195. The summed E-state index contributed by atoms with van der Waals surface area (Å²) in [6.07, 6.45) is 2.25. The van der Waals surface area contributed by atoms with Crippen LogP contribution in [0.1, 0.15) is 30.9 Å². The van der Waals surface area contributed by atoms with Gasteiger partial charge in [0, 0.05) is 26.7 Å². The maximum atomic E-state index is 12.8. The summed E-state index contributed by atoms with van der Waals surface area (Å²) >= 11 is 0. The molecule has 1 amide bonds. The number of hydrogen-bond acceptors (Lipinski definition) is 6. The number of aryl methyl sites for hydroxylation is 1. The van der Waals surface area contributed by atoms with Crippen LogP contribution in [0.2, 0.25) is 0 Å². The quantitative estimate of drug-likeness (QED) is 0.483. The van der Waals surface area contributed by atoms with Crippen LogP contribution in [0.4, 0.5) is 0 Å². The SMILES string of the molecule is CCOc1ccc(S(=O)(=O)N(C)CC(=O)NCCc2ccc(S(=O)(=O)N3CCCC3)cc2)cc1C. The van der Waals surface area contributed by atoms with Crippen molar-refractivity contribution in [2.24, 2.45) is 0 Å². The number of sulfonamides is 2. The van der Waals surface area contributed by atoms with E-state index in [1.165, 1.54) is 23.5 Å². The number of nitrogens with one attached hydrogen (secondary N) is 1. The van der Waals surface area contributed by atoms with E-state index < -0.39 is 26.0 Å². The second-order valence-corrected chi connectivity index (χ2v) is 12.5. The zero-order chi connectivity index (χ0) is 25.6. The van der Waals surface area contributed by atoms with E-state index in [1.807, 2.05) is 6.92 Å². The lowest BCUT2D eigenvalue weighted by molar-refractivity contribution is -0.121. The number of hydrogen-bond donors (Lipinski definition) is 1. The van der Waals surface area contributed by atoms with Gasteiger partial charge in [-0.15, -0.1) is 0 Å². The van der Waals surface area contributed by atoms with Gasteiger partial charge in [-0.1, -0.05) is 12.1 Å². The maximum absolute atomic E-state index is 12.8. The zero-order valence-electron chi connectivity index (χ0n) is 20.4. The molecule has 0 aromatic heterocycles. The van der Waals surface area contributed by atoms with Crippen LogP contribution in [0.25, 0.3) is 0 Å². The number of benzene rings is 2. The Kier molecular flexibility index (Phi) is 8.92. The smallest absolute Gasteiger partial charge is 0.243 e. The van der Waals surface area contributed by atoms with Gasteiger partial charge in [0.25, 0.3) is 0 Å². The Morgan fingerprint density at radius 1 is 1.03 bits per heavy atom. The number of rotatable bonds is 11. The number of carbonyl (C=O) groups is 1. The molecular formula is C24H33N3O6S2. The molecule has 35 heavy (non-hydrogen) atoms. The normalized spacial score (nSPS) is 14.9. The molecule has 1 saturated heterocycles. The van der Waals surface area contributed by atoms with Gasteiger partial charge in [0.2, 0.25) is 26.0 Å². The molecule has 192 valence electrons. The molecule has 2 aromatic carbocycles. The first-order valence-corrected chi connectivity index (χ1v) is 14.5. The van der Waals surface area contributed by atoms with E-state index in [1.54, 1.807) is 37.3 Å². The minimum atomic E-state index is -3.84. The summed E-state index contributed by atoms with van der Waals surface area (Å²) in [5.41, 5.74) is 1.57. The Hall–Kier alpha value is -2.47. The van der Waals surface area contributed by atoms with E-state index in [4.69, 9.17) is 4.74 Å². The molecule has 0 radical (unpaired) electrons. The number of nitrogens with zero attached hydrogens (tertiary/aromatic N) is 2. The lowest BCUT2D eigenvalue weighted by Crippen LogP contribution is -2.39. The molecule has 1 N–H and O–H groups in total. The zero-order valence-corrected chi connectivity index (χ0v) is 22.0. The number of amides is 1. The second kappa shape index (κ2) is 11.5. The van der Waals surface area contributed by atoms with Crippen LogP contribution < -0.4 is 10.1 Å². The largest absolute Gasteiger partial charge is 0.494 e. The molecule has 1 fully saturated rings. The van der Waals surface area contributed by atoms with Gasteiger partial charge in [-0.25, -0.2) is 16.8 Å². The second-order valence-electron chi connectivity index (χ2n) is 8.48. The summed E-state index contributed by atoms with van der Waals surface area (Å²) in [4.78, 5) is 12.7. The minimum Gasteiger partial charge on any atom is -0.494 e. The van der Waals surface area contributed by atoms with Crippen molar-refractivity contribution in [2.75, 3.05) is 39.8 Å². The molecule has 9 nitrogen and oxygen atoms in total. The molecule has 0 unspecified atom stereocenters. The highest BCUT2D eigenvalue weighted by molar-refractivity contribution is 7.89. The van der Waals surface area contributed by atoms with Crippen molar-refractivity contribution in [3.05, 3.63) is 53.6 Å². The highest BCUT2D eigenvalue weighted by atomic mass is 32.2. The first-order chi connectivity index (χ1) is 16.6. The third kappa shape index (κ3) is 6.60. The van der Waals surface area contributed by atoms with E-state index in [0.717, 1.165) is 22.7 Å². The standard InChI is InChI=1S/C24H33N3O6S2/c1-4-33-23-12-11-22(17-19(23)2)34(29,30)26(3)18-24(28)25-14-13-20-7-9-21(10-8-20)35(31,32)27-15-5-6-16-27/h7-12,17H,4-6,13-16,18H2,1-3H3,(H,25,28). The summed E-state index contributed by atoms with van der Waals surface area (Å²) in [5, 5.41) is 2.72. The van der Waals surface area contributed by atoms with Crippen molar-refractivity contribution in [2.45, 2.75) is 42.9 Å². The summed E-state index contributed by atoms with van der Waals surface area (Å²) in [7, 11) is -5.93. The summed E-state index contributed by atoms with van der Waals surface area (Å²) < 4.78 is 58.9. The number of carbonyl (C=O) groups excluding carboxylic acids is 1. The van der Waals surface area contributed by atoms with E-state index in [0.29, 0.717) is 44.0 Å². The summed E-state index contributed by atoms with van der Waals surface area (Å²) in [6, 6.07) is 11.3. The van der Waals surface area contributed by atoms with Crippen molar-refractivity contribution in [3.8, 4) is 5.75 Å². The van der Waals surface area contributed by atoms with Gasteiger partial charge in [0.15, 0.2) is 0 Å². The third-order valence-corrected chi connectivity index (χ3v) is 9.59. The highest BCUT2D eigenvalue weighted by Gasteiger charge is 2.27. The van der Waals surface area contributed by atoms with E-state index >= 15 is 0 Å². The van der Waals surface area contributed by atoms with Crippen LogP contribution in [0.15, 0.2) is 52.3 Å². The molecule has 0 saturated carbocycles. The first-order valence-electron chi connectivity index (χ1n) is 11.6. The van der Waals surface area contributed by atoms with Crippen LogP contribution >= 0.6 is 0 Å². The topological polar surface area (TPSA) is 113 Å². The predicted octanol–water partition coefficient (Wildman–Crippen LogP) is 2.16. The monoisotopic (exact) mass is 523 g/mol. The minimum absolute atomic E-state index is 0.0951. The fourth-order valence-electron chi connectivity index (χ4n) is 3.87. The fourth-order valence-corrected chi connectivity index (χ4v) is 6.60. The molecule has 1 aliphatic heterocycles. The highest BCUT2D eigenvalue weighted by Crippen LogP contribution is 2.24. The van der Waals surface area contributed by atoms with Crippen molar-refractivity contribution in [1.82, 2.24) is 13.9 Å². The molecule has 2 aromatic rings. The molecule has 0 atom stereocenters. The predicted molar refractivity (Wildman–Crippen MR) is 133 cm³/mol. The lowest BCUT2D eigenvalue weighted by atomic mass is 10.1. The van der Waals surface area contributed by atoms with E-state index in [9.17, 15) is 21.6 Å². The van der Waals surface area contributed by atoms with Crippen molar-refractivity contribution >= 4 is 26.0 Å². The van der Waals surface area contributed by atoms with Gasteiger partial charge < -0.3 is 10.1 Å². The van der Waals surface area contributed by atoms with Gasteiger partial charge in [-0.3, -0.25) is 4.79 Å². The molecule has 0 aliphatic carbocycles. The molecule has 1 heterocycles. The molecular weight excluding hydrogens is 490 g/mol. The van der Waals surface area contributed by atoms with Crippen LogP contribution in [0.3, 0.4) is 0 Å². The van der Waals surface area contributed by atoms with Crippen LogP contribution in [0, 0.1) is 6.92 Å². The Balaban J connectivity index is 1.51. The molecule has 11 heteroatoms. The molecule has 3 rings (SSSR count). The lowest BCUT2D eigenvalue weighted by Gasteiger charge is -2.18. The first kappa shape index (κ1) is 27.1. The number of likely N-dealkylation sites (N-methyl/N-ethyl adjacent to an activating group) is 1. The van der Waals surface area contributed by atoms with Gasteiger partial charge in [-0.2, -0.15) is 8.61 Å². The van der Waals surface area contributed by atoms with E-state index in [-0.39, 0.29) is 16.3 Å². The van der Waals surface area contributed by atoms with Crippen molar-refractivity contribution < 1.29 is 26.4 Å². The Morgan fingerprint density at radius 3 is 2.26 bits per heavy atom. The Morgan fingerprint density at radius 2 is 1.66 bits per heavy atom. The fraction of sp³-hybridized carbons (Fsp3) is 0.458.